The summed E-state index contributed by atoms with van der Waals surface area (Å²) >= 11 is 0. The first-order valence-electron chi connectivity index (χ1n) is 11.0. The molecule has 2 heterocycles. The zero-order chi connectivity index (χ0) is 22.7. The van der Waals surface area contributed by atoms with E-state index in [1.807, 2.05) is 0 Å². The Morgan fingerprint density at radius 1 is 1.31 bits per heavy atom. The van der Waals surface area contributed by atoms with E-state index < -0.39 is 12.1 Å². The fraction of sp³-hybridized carbons (Fsp3) is 0.591. The molecule has 0 unspecified atom stereocenters. The Kier molecular flexibility index (Phi) is 6.29. The summed E-state index contributed by atoms with van der Waals surface area (Å²) < 4.78 is 12.8. The minimum atomic E-state index is -0.763. The van der Waals surface area contributed by atoms with Gasteiger partial charge in [0.15, 0.2) is 0 Å². The molecule has 2 aromatic heterocycles. The normalized spacial score (nSPS) is 21.6. The molecule has 0 bridgehead atoms. The van der Waals surface area contributed by atoms with Gasteiger partial charge in [0.05, 0.1) is 42.8 Å². The minimum absolute atomic E-state index is 0.127. The number of carboxylic acid groups (broad SMARTS) is 1. The molecule has 172 valence electrons. The monoisotopic (exact) mass is 443 g/mol. The summed E-state index contributed by atoms with van der Waals surface area (Å²) in [6.45, 7) is 2.74. The fourth-order valence-electron chi connectivity index (χ4n) is 3.84. The number of rotatable bonds is 8. The van der Waals surface area contributed by atoms with E-state index in [0.717, 1.165) is 25.7 Å². The van der Waals surface area contributed by atoms with Gasteiger partial charge < -0.3 is 19.9 Å². The zero-order valence-corrected chi connectivity index (χ0v) is 18.4. The van der Waals surface area contributed by atoms with E-state index in [0.29, 0.717) is 42.3 Å². The Hall–Kier alpha value is -3.17. The van der Waals surface area contributed by atoms with Crippen molar-refractivity contribution in [3.05, 3.63) is 24.0 Å². The number of aryl methyl sites for hydroxylation is 1. The molecule has 0 saturated heterocycles. The van der Waals surface area contributed by atoms with Gasteiger partial charge in [-0.3, -0.25) is 9.78 Å². The second-order valence-corrected chi connectivity index (χ2v) is 9.07. The summed E-state index contributed by atoms with van der Waals surface area (Å²) in [5.74, 6) is -0.527. The molecular weight excluding hydrogens is 414 g/mol. The Labute approximate surface area is 186 Å². The maximum absolute atomic E-state index is 12.0. The van der Waals surface area contributed by atoms with Crippen LogP contribution in [-0.2, 0) is 23.1 Å². The molecular formula is C22H29N5O5. The van der Waals surface area contributed by atoms with Crippen molar-refractivity contribution in [1.29, 1.82) is 0 Å². The van der Waals surface area contributed by atoms with Crippen molar-refractivity contribution in [2.45, 2.75) is 58.1 Å². The van der Waals surface area contributed by atoms with Gasteiger partial charge in [-0.25, -0.2) is 9.48 Å². The van der Waals surface area contributed by atoms with Gasteiger partial charge in [-0.15, -0.1) is 5.10 Å². The van der Waals surface area contributed by atoms with E-state index >= 15 is 0 Å². The molecule has 2 aliphatic carbocycles. The predicted molar refractivity (Wildman–Crippen MR) is 114 cm³/mol. The van der Waals surface area contributed by atoms with E-state index in [-0.39, 0.29) is 24.0 Å². The average molecular weight is 444 g/mol. The summed E-state index contributed by atoms with van der Waals surface area (Å²) in [4.78, 5) is 27.7. The lowest BCUT2D eigenvalue weighted by Crippen LogP contribution is -2.29. The topological polar surface area (TPSA) is 128 Å². The van der Waals surface area contributed by atoms with Crippen molar-refractivity contribution in [3.8, 4) is 17.1 Å². The number of carbonyl (C=O) groups is 2. The molecule has 32 heavy (non-hydrogen) atoms. The molecule has 0 radical (unpaired) electrons. The van der Waals surface area contributed by atoms with Crippen LogP contribution in [0.2, 0.25) is 0 Å². The number of hydrogen-bond acceptors (Lipinski definition) is 7. The fourth-order valence-corrected chi connectivity index (χ4v) is 3.84. The lowest BCUT2D eigenvalue weighted by molar-refractivity contribution is -0.143. The van der Waals surface area contributed by atoms with Crippen LogP contribution in [0, 0.1) is 11.3 Å². The molecule has 2 atom stereocenters. The van der Waals surface area contributed by atoms with Gasteiger partial charge >= 0.3 is 12.1 Å². The van der Waals surface area contributed by atoms with E-state index in [2.05, 4.69) is 27.5 Å². The molecule has 2 fully saturated rings. The molecule has 10 nitrogen and oxygen atoms in total. The number of ether oxygens (including phenoxy) is 2. The molecule has 0 aromatic carbocycles. The van der Waals surface area contributed by atoms with Gasteiger partial charge in [0, 0.05) is 12.5 Å². The van der Waals surface area contributed by atoms with Gasteiger partial charge in [0.2, 0.25) is 0 Å². The number of pyridine rings is 1. The highest BCUT2D eigenvalue weighted by molar-refractivity contribution is 5.70. The number of aromatic nitrogens is 4. The van der Waals surface area contributed by atoms with Crippen molar-refractivity contribution in [3.63, 3.8) is 0 Å². The third-order valence-corrected chi connectivity index (χ3v) is 6.26. The number of carbonyl (C=O) groups excluding carboxylic acids is 1. The molecule has 2 N–H and O–H groups in total. The maximum atomic E-state index is 12.0. The number of amides is 1. The summed E-state index contributed by atoms with van der Waals surface area (Å²) in [7, 11) is 1.75. The molecule has 10 heteroatoms. The molecule has 0 aliphatic heterocycles. The molecule has 1 amide bonds. The van der Waals surface area contributed by atoms with Gasteiger partial charge in [-0.1, -0.05) is 12.1 Å². The van der Waals surface area contributed by atoms with Crippen molar-refractivity contribution >= 4 is 12.1 Å². The van der Waals surface area contributed by atoms with E-state index in [9.17, 15) is 14.7 Å². The van der Waals surface area contributed by atoms with Crippen LogP contribution in [0.25, 0.3) is 11.4 Å². The highest BCUT2D eigenvalue weighted by Gasteiger charge is 2.38. The van der Waals surface area contributed by atoms with Gasteiger partial charge in [0.25, 0.3) is 0 Å². The Morgan fingerprint density at radius 3 is 2.81 bits per heavy atom. The van der Waals surface area contributed by atoms with Crippen LogP contribution in [-0.4, -0.2) is 49.9 Å². The van der Waals surface area contributed by atoms with Crippen molar-refractivity contribution in [2.24, 2.45) is 18.4 Å². The number of aliphatic carboxylic acids is 1. The second kappa shape index (κ2) is 9.13. The van der Waals surface area contributed by atoms with Crippen LogP contribution in [0.15, 0.2) is 18.3 Å². The van der Waals surface area contributed by atoms with Gasteiger partial charge in [-0.2, -0.15) is 0 Å². The third kappa shape index (κ3) is 5.35. The first kappa shape index (κ1) is 22.0. The smallest absolute Gasteiger partial charge is 0.407 e. The van der Waals surface area contributed by atoms with Crippen molar-refractivity contribution < 1.29 is 24.2 Å². The minimum Gasteiger partial charge on any atom is -0.489 e. The van der Waals surface area contributed by atoms with Crippen molar-refractivity contribution in [1.82, 2.24) is 25.3 Å². The number of hydrogen-bond donors (Lipinski definition) is 2. The third-order valence-electron chi connectivity index (χ3n) is 6.26. The lowest BCUT2D eigenvalue weighted by Gasteiger charge is -2.27. The molecule has 0 spiro atoms. The SMILES string of the molecule is Cn1nnc(-c2ccc(O[C@H]3CCC[C@H](C(=O)O)C3)cn2)c1CNC(=O)OCC1(C)CC1. The summed E-state index contributed by atoms with van der Waals surface area (Å²) in [6.07, 6.45) is 6.06. The zero-order valence-electron chi connectivity index (χ0n) is 18.4. The van der Waals surface area contributed by atoms with Crippen LogP contribution in [0.5, 0.6) is 5.75 Å². The highest BCUT2D eigenvalue weighted by Crippen LogP contribution is 2.44. The predicted octanol–water partition coefficient (Wildman–Crippen LogP) is 2.93. The molecule has 2 aromatic rings. The molecule has 2 aliphatic rings. The van der Waals surface area contributed by atoms with Crippen LogP contribution >= 0.6 is 0 Å². The van der Waals surface area contributed by atoms with E-state index in [4.69, 9.17) is 9.47 Å². The first-order chi connectivity index (χ1) is 15.3. The lowest BCUT2D eigenvalue weighted by atomic mass is 9.87. The number of nitrogens with zero attached hydrogens (tertiary/aromatic N) is 4. The largest absolute Gasteiger partial charge is 0.489 e. The number of nitrogens with one attached hydrogen (secondary N) is 1. The van der Waals surface area contributed by atoms with Gasteiger partial charge in [-0.05, 0) is 50.7 Å². The molecule has 4 rings (SSSR count). The van der Waals surface area contributed by atoms with Crippen molar-refractivity contribution in [2.75, 3.05) is 6.61 Å². The molecule has 2 saturated carbocycles. The van der Waals surface area contributed by atoms with E-state index in [1.165, 1.54) is 0 Å². The summed E-state index contributed by atoms with van der Waals surface area (Å²) in [6, 6.07) is 3.58. The summed E-state index contributed by atoms with van der Waals surface area (Å²) in [5, 5.41) is 20.2. The highest BCUT2D eigenvalue weighted by atomic mass is 16.5. The van der Waals surface area contributed by atoms with Crippen LogP contribution < -0.4 is 10.1 Å². The maximum Gasteiger partial charge on any atom is 0.407 e. The standard InChI is InChI=1S/C22H29N5O5/c1-22(8-9-22)13-31-21(30)24-12-18-19(25-26-27(18)2)17-7-6-16(11-23-17)32-15-5-3-4-14(10-15)20(28)29/h6-7,11,14-15H,3-5,8-10,12-13H2,1-2H3,(H,24,30)(H,28,29)/t14-,15-/m0/s1. The Morgan fingerprint density at radius 2 is 2.12 bits per heavy atom. The van der Waals surface area contributed by atoms with Crippen LogP contribution in [0.3, 0.4) is 0 Å². The van der Waals surface area contributed by atoms with Crippen LogP contribution in [0.4, 0.5) is 4.79 Å². The van der Waals surface area contributed by atoms with Gasteiger partial charge in [0.1, 0.15) is 11.4 Å². The number of carboxylic acids is 1. The van der Waals surface area contributed by atoms with Crippen LogP contribution in [0.1, 0.15) is 51.1 Å². The quantitative estimate of drug-likeness (QED) is 0.637. The van der Waals surface area contributed by atoms with E-state index in [1.54, 1.807) is 30.1 Å². The number of alkyl carbamates (subject to hydrolysis) is 1. The second-order valence-electron chi connectivity index (χ2n) is 9.07. The first-order valence-corrected chi connectivity index (χ1v) is 11.0. The Balaban J connectivity index is 1.35. The Bertz CT molecular complexity index is 970. The summed E-state index contributed by atoms with van der Waals surface area (Å²) in [5.41, 5.74) is 2.01. The average Bonchev–Trinajstić information content (AvgIpc) is 3.41.